The fraction of sp³-hybridized carbons (Fsp3) is 1.00. The Balaban J connectivity index is 2.98. The van der Waals surface area contributed by atoms with Crippen molar-refractivity contribution in [2.24, 2.45) is 23.5 Å². The van der Waals surface area contributed by atoms with E-state index in [1.54, 1.807) is 0 Å². The van der Waals surface area contributed by atoms with Crippen LogP contribution >= 0.6 is 0 Å². The van der Waals surface area contributed by atoms with Crippen LogP contribution in [-0.2, 0) is 9.84 Å². The highest BCUT2D eigenvalue weighted by atomic mass is 32.2. The number of nitrogens with two attached hydrogens (primary N) is 1. The van der Waals surface area contributed by atoms with E-state index in [0.717, 1.165) is 12.8 Å². The van der Waals surface area contributed by atoms with Crippen LogP contribution in [0.25, 0.3) is 0 Å². The monoisotopic (exact) mass is 261 g/mol. The van der Waals surface area contributed by atoms with Crippen LogP contribution in [0, 0.1) is 17.8 Å². The molecule has 0 aliphatic heterocycles. The predicted molar refractivity (Wildman–Crippen MR) is 72.5 cm³/mol. The van der Waals surface area contributed by atoms with Gasteiger partial charge in [0.15, 0.2) is 9.84 Å². The highest BCUT2D eigenvalue weighted by Crippen LogP contribution is 2.35. The third-order valence-electron chi connectivity index (χ3n) is 4.27. The lowest BCUT2D eigenvalue weighted by molar-refractivity contribution is 0.269. The number of hydrogen-bond donors (Lipinski definition) is 1. The van der Waals surface area contributed by atoms with E-state index >= 15 is 0 Å². The van der Waals surface area contributed by atoms with Crippen molar-refractivity contribution in [2.75, 3.05) is 0 Å². The molecule has 1 rings (SSSR count). The first-order chi connectivity index (χ1) is 7.67. The number of rotatable bonds is 3. The maximum absolute atomic E-state index is 12.6. The first-order valence-corrected chi connectivity index (χ1v) is 8.27. The van der Waals surface area contributed by atoms with Crippen LogP contribution in [0.15, 0.2) is 0 Å². The summed E-state index contributed by atoms with van der Waals surface area (Å²) in [7, 11) is -3.11. The van der Waals surface area contributed by atoms with Gasteiger partial charge in [-0.2, -0.15) is 0 Å². The van der Waals surface area contributed by atoms with Crippen LogP contribution in [-0.4, -0.2) is 25.0 Å². The van der Waals surface area contributed by atoms with Crippen molar-refractivity contribution in [1.29, 1.82) is 0 Å². The molecule has 1 fully saturated rings. The van der Waals surface area contributed by atoms with Crippen LogP contribution < -0.4 is 5.73 Å². The third kappa shape index (κ3) is 3.02. The first-order valence-electron chi connectivity index (χ1n) is 6.66. The Hall–Kier alpha value is -0.0900. The lowest BCUT2D eigenvalue weighted by Crippen LogP contribution is -2.52. The van der Waals surface area contributed by atoms with E-state index in [1.807, 2.05) is 27.7 Å². The summed E-state index contributed by atoms with van der Waals surface area (Å²) in [5, 5.41) is -0.648. The van der Waals surface area contributed by atoms with Gasteiger partial charge >= 0.3 is 0 Å². The lowest BCUT2D eigenvalue weighted by atomic mass is 9.80. The lowest BCUT2D eigenvalue weighted by Gasteiger charge is -2.39. The maximum atomic E-state index is 12.6. The molecule has 0 aromatic carbocycles. The smallest absolute Gasteiger partial charge is 0.157 e. The Morgan fingerprint density at radius 1 is 1.12 bits per heavy atom. The van der Waals surface area contributed by atoms with Crippen LogP contribution in [0.2, 0.25) is 0 Å². The Morgan fingerprint density at radius 2 is 1.65 bits per heavy atom. The molecule has 102 valence electrons. The minimum atomic E-state index is -3.11. The summed E-state index contributed by atoms with van der Waals surface area (Å²) in [5.74, 6) is 0.875. The molecule has 3 nitrogen and oxygen atoms in total. The zero-order valence-corrected chi connectivity index (χ0v) is 12.5. The molecule has 1 aliphatic rings. The van der Waals surface area contributed by atoms with Gasteiger partial charge < -0.3 is 5.73 Å². The van der Waals surface area contributed by atoms with Crippen molar-refractivity contribution in [1.82, 2.24) is 0 Å². The Bertz CT molecular complexity index is 338. The summed E-state index contributed by atoms with van der Waals surface area (Å²) in [6.45, 7) is 9.93. The van der Waals surface area contributed by atoms with Crippen LogP contribution in [0.4, 0.5) is 0 Å². The SMILES string of the molecule is CC1CC(C)C(S(=O)(=O)C(C)C(C)C)C(N)C1. The molecule has 0 aromatic rings. The zero-order chi connectivity index (χ0) is 13.4. The zero-order valence-electron chi connectivity index (χ0n) is 11.7. The average molecular weight is 261 g/mol. The summed E-state index contributed by atoms with van der Waals surface area (Å²) >= 11 is 0. The minimum absolute atomic E-state index is 0.152. The van der Waals surface area contributed by atoms with Gasteiger partial charge in [0.25, 0.3) is 0 Å². The largest absolute Gasteiger partial charge is 0.327 e. The third-order valence-corrected chi connectivity index (χ3v) is 7.42. The maximum Gasteiger partial charge on any atom is 0.157 e. The molecule has 0 saturated heterocycles. The molecule has 0 spiro atoms. The quantitative estimate of drug-likeness (QED) is 0.847. The van der Waals surface area contributed by atoms with Gasteiger partial charge in [0.05, 0.1) is 10.5 Å². The van der Waals surface area contributed by atoms with E-state index in [0.29, 0.717) is 5.92 Å². The molecule has 1 aliphatic carbocycles. The molecule has 0 bridgehead atoms. The van der Waals surface area contributed by atoms with E-state index in [9.17, 15) is 8.42 Å². The second-order valence-electron chi connectivity index (χ2n) is 6.22. The second kappa shape index (κ2) is 5.27. The fourth-order valence-electron chi connectivity index (χ4n) is 3.08. The molecule has 0 radical (unpaired) electrons. The summed E-state index contributed by atoms with van der Waals surface area (Å²) in [4.78, 5) is 0. The molecule has 0 heterocycles. The van der Waals surface area contributed by atoms with Crippen molar-refractivity contribution >= 4 is 9.84 Å². The average Bonchev–Trinajstić information content (AvgIpc) is 2.13. The van der Waals surface area contributed by atoms with Crippen molar-refractivity contribution in [3.63, 3.8) is 0 Å². The molecule has 5 unspecified atom stereocenters. The summed E-state index contributed by atoms with van der Waals surface area (Å²) < 4.78 is 25.1. The van der Waals surface area contributed by atoms with Crippen molar-refractivity contribution in [3.05, 3.63) is 0 Å². The van der Waals surface area contributed by atoms with Crippen molar-refractivity contribution in [3.8, 4) is 0 Å². The van der Waals surface area contributed by atoms with Gasteiger partial charge in [-0.15, -0.1) is 0 Å². The molecule has 0 amide bonds. The van der Waals surface area contributed by atoms with E-state index in [1.165, 1.54) is 0 Å². The van der Waals surface area contributed by atoms with Gasteiger partial charge in [-0.1, -0.05) is 27.7 Å². The normalized spacial score (nSPS) is 37.1. The molecular weight excluding hydrogens is 234 g/mol. The summed E-state index contributed by atoms with van der Waals surface area (Å²) in [6, 6.07) is -0.194. The van der Waals surface area contributed by atoms with Gasteiger partial charge in [-0.25, -0.2) is 8.42 Å². The predicted octanol–water partition coefficient (Wildman–Crippen LogP) is 2.21. The summed E-state index contributed by atoms with van der Waals surface area (Å²) in [5.41, 5.74) is 6.10. The van der Waals surface area contributed by atoms with Gasteiger partial charge in [-0.05, 0) is 37.5 Å². The molecule has 1 saturated carbocycles. The van der Waals surface area contributed by atoms with Crippen LogP contribution in [0.1, 0.15) is 47.5 Å². The standard InChI is InChI=1S/C13H27NO2S/c1-8(2)11(5)17(15,16)13-10(4)6-9(3)7-12(13)14/h8-13H,6-7,14H2,1-5H3. The van der Waals surface area contributed by atoms with E-state index < -0.39 is 9.84 Å². The van der Waals surface area contributed by atoms with Crippen molar-refractivity contribution in [2.45, 2.75) is 64.0 Å². The second-order valence-corrected chi connectivity index (χ2v) is 8.69. The molecule has 4 heteroatoms. The highest BCUT2D eigenvalue weighted by molar-refractivity contribution is 7.92. The van der Waals surface area contributed by atoms with Gasteiger partial charge in [0, 0.05) is 6.04 Å². The van der Waals surface area contributed by atoms with E-state index in [4.69, 9.17) is 5.73 Å². The first kappa shape index (κ1) is 15.0. The van der Waals surface area contributed by atoms with Crippen molar-refractivity contribution < 1.29 is 8.42 Å². The van der Waals surface area contributed by atoms with Gasteiger partial charge in [0.2, 0.25) is 0 Å². The van der Waals surface area contributed by atoms with Gasteiger partial charge in [-0.3, -0.25) is 0 Å². The molecular formula is C13H27NO2S. The van der Waals surface area contributed by atoms with Gasteiger partial charge in [0.1, 0.15) is 0 Å². The molecule has 2 N–H and O–H groups in total. The topological polar surface area (TPSA) is 60.2 Å². The van der Waals surface area contributed by atoms with E-state index in [-0.39, 0.29) is 28.4 Å². The molecule has 17 heavy (non-hydrogen) atoms. The number of hydrogen-bond acceptors (Lipinski definition) is 3. The summed E-state index contributed by atoms with van der Waals surface area (Å²) in [6.07, 6.45) is 1.81. The Morgan fingerprint density at radius 3 is 2.06 bits per heavy atom. The molecule has 5 atom stereocenters. The van der Waals surface area contributed by atoms with Crippen LogP contribution in [0.3, 0.4) is 0 Å². The van der Waals surface area contributed by atoms with Crippen LogP contribution in [0.5, 0.6) is 0 Å². The Kier molecular flexibility index (Phi) is 4.64. The van der Waals surface area contributed by atoms with E-state index in [2.05, 4.69) is 6.92 Å². The molecule has 0 aromatic heterocycles. The fourth-order valence-corrected chi connectivity index (χ4v) is 5.69. The minimum Gasteiger partial charge on any atom is -0.327 e. The number of sulfone groups is 1. The highest BCUT2D eigenvalue weighted by Gasteiger charge is 2.43. The Labute approximate surface area is 106 Å².